The van der Waals surface area contributed by atoms with Crippen LogP contribution in [0.3, 0.4) is 0 Å². The number of nitro groups is 1. The lowest BCUT2D eigenvalue weighted by molar-refractivity contribution is -0.386. The molecule has 0 saturated carbocycles. The number of hydrogen-bond donors (Lipinski definition) is 1. The Balaban J connectivity index is 2.46. The van der Waals surface area contributed by atoms with Gasteiger partial charge in [0.1, 0.15) is 0 Å². The molecule has 1 aliphatic rings. The maximum absolute atomic E-state index is 11.1. The molecule has 0 bridgehead atoms. The van der Waals surface area contributed by atoms with E-state index in [-0.39, 0.29) is 16.5 Å². The number of hydrogen-bond acceptors (Lipinski definition) is 4. The van der Waals surface area contributed by atoms with Crippen LogP contribution in [0, 0.1) is 10.1 Å². The Kier molecular flexibility index (Phi) is 3.05. The summed E-state index contributed by atoms with van der Waals surface area (Å²) in [6.07, 6.45) is 0.938. The molecule has 1 fully saturated rings. The average molecular weight is 222 g/mol. The van der Waals surface area contributed by atoms with Crippen LogP contribution in [-0.4, -0.2) is 25.1 Å². The van der Waals surface area contributed by atoms with Crippen molar-refractivity contribution in [3.8, 4) is 5.75 Å². The van der Waals surface area contributed by atoms with Gasteiger partial charge in [0.05, 0.1) is 12.0 Å². The largest absolute Gasteiger partial charge is 0.490 e. The third-order valence-corrected chi connectivity index (χ3v) is 2.93. The Morgan fingerprint density at radius 1 is 1.56 bits per heavy atom. The molecule has 1 aromatic carbocycles. The van der Waals surface area contributed by atoms with Gasteiger partial charge in [0.2, 0.25) is 0 Å². The summed E-state index contributed by atoms with van der Waals surface area (Å²) in [6, 6.07) is 5.25. The molecule has 0 radical (unpaired) electrons. The molecule has 5 heteroatoms. The van der Waals surface area contributed by atoms with Gasteiger partial charge < -0.3 is 10.1 Å². The van der Waals surface area contributed by atoms with Crippen LogP contribution in [-0.2, 0) is 0 Å². The summed E-state index contributed by atoms with van der Waals surface area (Å²) in [4.78, 5) is 10.7. The van der Waals surface area contributed by atoms with Crippen LogP contribution < -0.4 is 10.1 Å². The number of nitro benzene ring substituents is 1. The van der Waals surface area contributed by atoms with E-state index in [4.69, 9.17) is 4.74 Å². The fourth-order valence-corrected chi connectivity index (χ4v) is 2.15. The number of ether oxygens (including phenoxy) is 1. The highest BCUT2D eigenvalue weighted by molar-refractivity contribution is 5.54. The number of rotatable bonds is 3. The van der Waals surface area contributed by atoms with Crippen LogP contribution in [0.5, 0.6) is 5.75 Å². The Hall–Kier alpha value is -1.62. The molecule has 16 heavy (non-hydrogen) atoms. The maximum Gasteiger partial charge on any atom is 0.314 e. The van der Waals surface area contributed by atoms with Crippen molar-refractivity contribution >= 4 is 5.69 Å². The van der Waals surface area contributed by atoms with Gasteiger partial charge in [-0.3, -0.25) is 10.1 Å². The average Bonchev–Trinajstić information content (AvgIpc) is 2.81. The molecule has 0 amide bonds. The van der Waals surface area contributed by atoms with Gasteiger partial charge in [-0.05, 0) is 19.0 Å². The second kappa shape index (κ2) is 4.49. The van der Waals surface area contributed by atoms with Gasteiger partial charge >= 0.3 is 5.69 Å². The summed E-state index contributed by atoms with van der Waals surface area (Å²) < 4.78 is 5.04. The van der Waals surface area contributed by atoms with Gasteiger partial charge in [-0.2, -0.15) is 0 Å². The molecule has 0 aromatic heterocycles. The molecule has 1 N–H and O–H groups in total. The number of methoxy groups -OCH3 is 1. The smallest absolute Gasteiger partial charge is 0.314 e. The van der Waals surface area contributed by atoms with Crippen LogP contribution in [0.15, 0.2) is 18.2 Å². The van der Waals surface area contributed by atoms with E-state index in [9.17, 15) is 10.1 Å². The molecule has 1 aliphatic heterocycles. The quantitative estimate of drug-likeness (QED) is 0.624. The van der Waals surface area contributed by atoms with E-state index in [0.717, 1.165) is 25.1 Å². The molecular formula is C11H14N2O3. The number of para-hydroxylation sites is 1. The Morgan fingerprint density at radius 3 is 2.94 bits per heavy atom. The van der Waals surface area contributed by atoms with Crippen molar-refractivity contribution in [2.45, 2.75) is 12.3 Å². The molecule has 2 rings (SSSR count). The first kappa shape index (κ1) is 10.9. The van der Waals surface area contributed by atoms with Crippen LogP contribution in [0.4, 0.5) is 5.69 Å². The van der Waals surface area contributed by atoms with E-state index >= 15 is 0 Å². The zero-order chi connectivity index (χ0) is 11.5. The van der Waals surface area contributed by atoms with Gasteiger partial charge in [0.25, 0.3) is 0 Å². The highest BCUT2D eigenvalue weighted by atomic mass is 16.6. The maximum atomic E-state index is 11.1. The third kappa shape index (κ3) is 1.86. The van der Waals surface area contributed by atoms with Crippen LogP contribution in [0.25, 0.3) is 0 Å². The summed E-state index contributed by atoms with van der Waals surface area (Å²) in [6.45, 7) is 1.72. The molecule has 0 spiro atoms. The van der Waals surface area contributed by atoms with Crippen LogP contribution >= 0.6 is 0 Å². The fraction of sp³-hybridized carbons (Fsp3) is 0.455. The summed E-state index contributed by atoms with van der Waals surface area (Å²) in [5.41, 5.74) is 0.882. The van der Waals surface area contributed by atoms with Crippen molar-refractivity contribution < 1.29 is 9.66 Å². The van der Waals surface area contributed by atoms with Gasteiger partial charge in [-0.25, -0.2) is 0 Å². The predicted octanol–water partition coefficient (Wildman–Crippen LogP) is 1.68. The van der Waals surface area contributed by atoms with Crippen molar-refractivity contribution in [2.75, 3.05) is 20.2 Å². The summed E-state index contributed by atoms with van der Waals surface area (Å²) in [5.74, 6) is 0.560. The minimum absolute atomic E-state index is 0.110. The van der Waals surface area contributed by atoms with Gasteiger partial charge in [-0.15, -0.1) is 0 Å². The van der Waals surface area contributed by atoms with Crippen molar-refractivity contribution in [2.24, 2.45) is 0 Å². The van der Waals surface area contributed by atoms with Crippen LogP contribution in [0.1, 0.15) is 17.9 Å². The second-order valence-electron chi connectivity index (χ2n) is 3.84. The van der Waals surface area contributed by atoms with Gasteiger partial charge in [0, 0.05) is 18.0 Å². The summed E-state index contributed by atoms with van der Waals surface area (Å²) in [5, 5.41) is 14.3. The number of benzene rings is 1. The number of nitrogens with zero attached hydrogens (tertiary/aromatic N) is 1. The summed E-state index contributed by atoms with van der Waals surface area (Å²) >= 11 is 0. The normalized spacial score (nSPS) is 19.7. The third-order valence-electron chi connectivity index (χ3n) is 2.93. The second-order valence-corrected chi connectivity index (χ2v) is 3.84. The van der Waals surface area contributed by atoms with Crippen molar-refractivity contribution in [3.63, 3.8) is 0 Å². The molecule has 1 saturated heterocycles. The lowest BCUT2D eigenvalue weighted by Gasteiger charge is -2.11. The van der Waals surface area contributed by atoms with E-state index in [1.54, 1.807) is 12.1 Å². The highest BCUT2D eigenvalue weighted by Gasteiger charge is 2.27. The zero-order valence-electron chi connectivity index (χ0n) is 9.10. The first-order valence-corrected chi connectivity index (χ1v) is 5.26. The van der Waals surface area contributed by atoms with Crippen LogP contribution in [0.2, 0.25) is 0 Å². The molecule has 1 atom stereocenters. The Morgan fingerprint density at radius 2 is 2.38 bits per heavy atom. The molecule has 86 valence electrons. The van der Waals surface area contributed by atoms with E-state index in [0.29, 0.717) is 5.75 Å². The van der Waals surface area contributed by atoms with Gasteiger partial charge in [-0.1, -0.05) is 12.1 Å². The van der Waals surface area contributed by atoms with Crippen molar-refractivity contribution in [1.82, 2.24) is 5.32 Å². The number of nitrogens with one attached hydrogen (secondary N) is 1. The molecule has 1 aromatic rings. The Labute approximate surface area is 93.6 Å². The van der Waals surface area contributed by atoms with Gasteiger partial charge in [0.15, 0.2) is 5.75 Å². The molecule has 1 unspecified atom stereocenters. The summed E-state index contributed by atoms with van der Waals surface area (Å²) in [7, 11) is 1.46. The molecule has 1 heterocycles. The fourth-order valence-electron chi connectivity index (χ4n) is 2.15. The zero-order valence-corrected chi connectivity index (χ0v) is 9.10. The standard InChI is InChI=1S/C11H14N2O3/c1-16-10-4-2-3-9(11(10)13(14)15)8-5-6-12-7-8/h2-4,8,12H,5-7H2,1H3. The van der Waals surface area contributed by atoms with E-state index in [1.165, 1.54) is 7.11 Å². The van der Waals surface area contributed by atoms with E-state index in [2.05, 4.69) is 5.32 Å². The monoisotopic (exact) mass is 222 g/mol. The SMILES string of the molecule is COc1cccc(C2CCNC2)c1[N+](=O)[O-]. The lowest BCUT2D eigenvalue weighted by atomic mass is 9.96. The Bertz CT molecular complexity index is 400. The van der Waals surface area contributed by atoms with Crippen molar-refractivity contribution in [1.29, 1.82) is 0 Å². The first-order chi connectivity index (χ1) is 7.74. The van der Waals surface area contributed by atoms with Crippen molar-refractivity contribution in [3.05, 3.63) is 33.9 Å². The topological polar surface area (TPSA) is 64.4 Å². The predicted molar refractivity (Wildman–Crippen MR) is 59.9 cm³/mol. The molecular weight excluding hydrogens is 208 g/mol. The molecule has 0 aliphatic carbocycles. The minimum Gasteiger partial charge on any atom is -0.490 e. The minimum atomic E-state index is -0.355. The lowest BCUT2D eigenvalue weighted by Crippen LogP contribution is -2.09. The van der Waals surface area contributed by atoms with E-state index < -0.39 is 0 Å². The molecule has 5 nitrogen and oxygen atoms in total. The first-order valence-electron chi connectivity index (χ1n) is 5.26. The highest BCUT2D eigenvalue weighted by Crippen LogP contribution is 2.37. The van der Waals surface area contributed by atoms with E-state index in [1.807, 2.05) is 6.07 Å².